The van der Waals surface area contributed by atoms with Gasteiger partial charge in [0.1, 0.15) is 17.3 Å². The zero-order valence-corrected chi connectivity index (χ0v) is 23.6. The maximum atomic E-state index is 13.6. The predicted octanol–water partition coefficient (Wildman–Crippen LogP) is 4.24. The second kappa shape index (κ2) is 10.3. The number of ether oxygens (including phenoxy) is 1. The molecule has 1 aromatic carbocycles. The van der Waals surface area contributed by atoms with Gasteiger partial charge in [0.15, 0.2) is 5.60 Å². The van der Waals surface area contributed by atoms with Crippen LogP contribution < -0.4 is 4.74 Å². The molecule has 1 atom stereocenters. The summed E-state index contributed by atoms with van der Waals surface area (Å²) in [5, 5.41) is 21.6. The largest absolute Gasteiger partial charge is 0.481 e. The summed E-state index contributed by atoms with van der Waals surface area (Å²) in [6.45, 7) is 4.34. The minimum Gasteiger partial charge on any atom is -0.481 e. The number of hydrogen-bond acceptors (Lipinski definition) is 8. The molecule has 0 amide bonds. The van der Waals surface area contributed by atoms with E-state index in [1.165, 1.54) is 25.7 Å². The van der Waals surface area contributed by atoms with Crippen LogP contribution >= 0.6 is 11.6 Å². The molecule has 0 saturated heterocycles. The van der Waals surface area contributed by atoms with Crippen molar-refractivity contribution in [1.29, 1.82) is 0 Å². The van der Waals surface area contributed by atoms with Crippen molar-refractivity contribution in [3.63, 3.8) is 0 Å². The smallest absolute Gasteiger partial charge is 0.433 e. The Morgan fingerprint density at radius 2 is 1.88 bits per heavy atom. The van der Waals surface area contributed by atoms with Gasteiger partial charge in [-0.15, -0.1) is 10.2 Å². The third-order valence-electron chi connectivity index (χ3n) is 7.64. The number of aryl methyl sites for hydroxylation is 2. The molecule has 5 aromatic rings. The van der Waals surface area contributed by atoms with E-state index in [-0.39, 0.29) is 16.8 Å². The molecule has 218 valence electrons. The van der Waals surface area contributed by atoms with Crippen LogP contribution in [-0.2, 0) is 38.5 Å². The van der Waals surface area contributed by atoms with Crippen molar-refractivity contribution in [1.82, 2.24) is 39.2 Å². The van der Waals surface area contributed by atoms with Gasteiger partial charge in [-0.25, -0.2) is 9.97 Å². The summed E-state index contributed by atoms with van der Waals surface area (Å²) in [5.74, 6) is 2.06. The SMILES string of the molecule is COc1nc2ccc(C(O)(c3ccnc(C(F)(F)F)c3)c3cncn3C)cc2c(Cl)c1CN1CCn2c(C)nnc2C1. The van der Waals surface area contributed by atoms with Crippen LogP contribution in [-0.4, -0.2) is 57.9 Å². The summed E-state index contributed by atoms with van der Waals surface area (Å²) in [6, 6.07) is 7.09. The molecule has 1 aliphatic rings. The second-order valence-electron chi connectivity index (χ2n) is 10.2. The van der Waals surface area contributed by atoms with Crippen LogP contribution in [0.3, 0.4) is 0 Å². The molecule has 0 radical (unpaired) electrons. The van der Waals surface area contributed by atoms with E-state index < -0.39 is 17.5 Å². The predicted molar refractivity (Wildman–Crippen MR) is 147 cm³/mol. The van der Waals surface area contributed by atoms with Gasteiger partial charge in [0, 0.05) is 43.8 Å². The van der Waals surface area contributed by atoms with E-state index in [0.29, 0.717) is 40.5 Å². The second-order valence-corrected chi connectivity index (χ2v) is 10.6. The lowest BCUT2D eigenvalue weighted by molar-refractivity contribution is -0.141. The molecule has 5 heterocycles. The molecule has 1 N–H and O–H groups in total. The molecule has 10 nitrogen and oxygen atoms in total. The molecule has 42 heavy (non-hydrogen) atoms. The summed E-state index contributed by atoms with van der Waals surface area (Å²) in [4.78, 5) is 14.4. The number of methoxy groups -OCH3 is 1. The van der Waals surface area contributed by atoms with Crippen molar-refractivity contribution < 1.29 is 23.0 Å². The van der Waals surface area contributed by atoms with Crippen molar-refractivity contribution >= 4 is 22.5 Å². The summed E-state index contributed by atoms with van der Waals surface area (Å²) in [5.41, 5.74) is -1.51. The van der Waals surface area contributed by atoms with Crippen LogP contribution in [0.5, 0.6) is 5.88 Å². The summed E-state index contributed by atoms with van der Waals surface area (Å²) >= 11 is 7.02. The van der Waals surface area contributed by atoms with Gasteiger partial charge >= 0.3 is 6.18 Å². The molecule has 14 heteroatoms. The summed E-state index contributed by atoms with van der Waals surface area (Å²) in [6.07, 6.45) is -0.801. The zero-order valence-electron chi connectivity index (χ0n) is 22.9. The lowest BCUT2D eigenvalue weighted by atomic mass is 9.83. The Labute approximate surface area is 243 Å². The highest BCUT2D eigenvalue weighted by molar-refractivity contribution is 6.36. The van der Waals surface area contributed by atoms with Crippen molar-refractivity contribution in [2.24, 2.45) is 7.05 Å². The van der Waals surface area contributed by atoms with E-state index in [1.807, 2.05) is 6.92 Å². The van der Waals surface area contributed by atoms with Crippen LogP contribution in [0.2, 0.25) is 5.02 Å². The number of hydrogen-bond donors (Lipinski definition) is 1. The van der Waals surface area contributed by atoms with Crippen LogP contribution in [0, 0.1) is 6.92 Å². The van der Waals surface area contributed by atoms with E-state index in [1.54, 1.807) is 29.8 Å². The lowest BCUT2D eigenvalue weighted by Gasteiger charge is -2.31. The molecule has 0 fully saturated rings. The first-order chi connectivity index (χ1) is 20.0. The fourth-order valence-electron chi connectivity index (χ4n) is 5.46. The van der Waals surface area contributed by atoms with Gasteiger partial charge in [-0.3, -0.25) is 9.88 Å². The quantitative estimate of drug-likeness (QED) is 0.309. The Kier molecular flexibility index (Phi) is 6.90. The number of aliphatic hydroxyl groups is 1. The highest BCUT2D eigenvalue weighted by Crippen LogP contribution is 2.41. The monoisotopic (exact) mass is 598 g/mol. The van der Waals surface area contributed by atoms with E-state index in [2.05, 4.69) is 34.6 Å². The third-order valence-corrected chi connectivity index (χ3v) is 8.08. The zero-order chi connectivity index (χ0) is 29.8. The van der Waals surface area contributed by atoms with Crippen LogP contribution in [0.4, 0.5) is 13.2 Å². The Bertz CT molecular complexity index is 1800. The fraction of sp³-hybridized carbons (Fsp3) is 0.321. The topological polar surface area (TPSA) is 107 Å². The maximum Gasteiger partial charge on any atom is 0.433 e. The van der Waals surface area contributed by atoms with Crippen molar-refractivity contribution in [2.75, 3.05) is 13.7 Å². The summed E-state index contributed by atoms with van der Waals surface area (Å²) < 4.78 is 50.1. The highest BCUT2D eigenvalue weighted by Gasteiger charge is 2.40. The first-order valence-corrected chi connectivity index (χ1v) is 13.4. The number of pyridine rings is 2. The van der Waals surface area contributed by atoms with Gasteiger partial charge in [-0.05, 0) is 42.3 Å². The highest BCUT2D eigenvalue weighted by atomic mass is 35.5. The minimum atomic E-state index is -4.70. The van der Waals surface area contributed by atoms with E-state index in [4.69, 9.17) is 16.3 Å². The first kappa shape index (κ1) is 28.1. The average molecular weight is 599 g/mol. The number of rotatable bonds is 6. The molecule has 0 aliphatic carbocycles. The average Bonchev–Trinajstić information content (AvgIpc) is 3.58. The van der Waals surface area contributed by atoms with Crippen molar-refractivity contribution in [3.05, 3.63) is 93.8 Å². The molecule has 0 spiro atoms. The van der Waals surface area contributed by atoms with Crippen LogP contribution in [0.1, 0.15) is 39.7 Å². The van der Waals surface area contributed by atoms with Crippen LogP contribution in [0.15, 0.2) is 49.1 Å². The van der Waals surface area contributed by atoms with Gasteiger partial charge in [0.25, 0.3) is 0 Å². The fourth-order valence-corrected chi connectivity index (χ4v) is 5.76. The Morgan fingerprint density at radius 1 is 1.10 bits per heavy atom. The Morgan fingerprint density at radius 3 is 2.60 bits per heavy atom. The Hall–Kier alpha value is -4.07. The normalized spacial score (nSPS) is 15.5. The van der Waals surface area contributed by atoms with E-state index in [0.717, 1.165) is 37.0 Å². The number of benzene rings is 1. The summed E-state index contributed by atoms with van der Waals surface area (Å²) in [7, 11) is 3.17. The molecule has 0 saturated carbocycles. The van der Waals surface area contributed by atoms with E-state index >= 15 is 0 Å². The number of halogens is 4. The van der Waals surface area contributed by atoms with Gasteiger partial charge in [-0.2, -0.15) is 13.2 Å². The number of nitrogens with zero attached hydrogens (tertiary/aromatic N) is 8. The number of imidazole rings is 1. The first-order valence-electron chi connectivity index (χ1n) is 13.0. The van der Waals surface area contributed by atoms with Crippen LogP contribution in [0.25, 0.3) is 10.9 Å². The number of aromatic nitrogens is 7. The minimum absolute atomic E-state index is 0.0293. The number of fused-ring (bicyclic) bond motifs is 2. The molecule has 0 bridgehead atoms. The molecule has 1 unspecified atom stereocenters. The van der Waals surface area contributed by atoms with E-state index in [9.17, 15) is 18.3 Å². The van der Waals surface area contributed by atoms with Gasteiger partial charge < -0.3 is 19.0 Å². The maximum absolute atomic E-state index is 13.6. The Balaban J connectivity index is 1.47. The van der Waals surface area contributed by atoms with Gasteiger partial charge in [0.05, 0.1) is 42.4 Å². The molecular weight excluding hydrogens is 573 g/mol. The number of alkyl halides is 3. The standard InChI is InChI=1S/C28H26ClF3N8O2/c1-16-36-37-24-14-39(8-9-40(16)24)13-20-25(29)19-10-17(4-5-21(19)35-26(20)42-3)27(41,23-12-33-15-38(23)2)18-6-7-34-22(11-18)28(30,31)32/h4-7,10-12,15,41H,8-9,13-14H2,1-3H3. The lowest BCUT2D eigenvalue weighted by Crippen LogP contribution is -2.34. The van der Waals surface area contributed by atoms with Crippen molar-refractivity contribution in [3.8, 4) is 5.88 Å². The molecule has 1 aliphatic heterocycles. The molecular formula is C28H26ClF3N8O2. The van der Waals surface area contributed by atoms with Crippen molar-refractivity contribution in [2.45, 2.75) is 38.3 Å². The third kappa shape index (κ3) is 4.67. The van der Waals surface area contributed by atoms with Gasteiger partial charge in [-0.1, -0.05) is 17.7 Å². The van der Waals surface area contributed by atoms with Gasteiger partial charge in [0.2, 0.25) is 5.88 Å². The molecule has 6 rings (SSSR count). The molecule has 4 aromatic heterocycles.